The fourth-order valence-corrected chi connectivity index (χ4v) is 4.67. The Kier molecular flexibility index (Phi) is 9.10. The molecular formula is C21H21NO6S2. The SMILES string of the molecule is CC(C(=O)N[C@@H](CO)C(=O)O)C(SC(=O)c1ccccc1)SC(=O)c1ccccc1. The number of aliphatic carboxylic acids is 1. The van der Waals surface area contributed by atoms with Gasteiger partial charge in [-0.15, -0.1) is 0 Å². The van der Waals surface area contributed by atoms with Crippen molar-refractivity contribution in [3.8, 4) is 0 Å². The van der Waals surface area contributed by atoms with Crippen molar-refractivity contribution < 1.29 is 29.4 Å². The standard InChI is InChI=1S/C21H21NO6S2/c1-13(17(24)22-16(12-23)18(25)26)21(29-19(27)14-8-4-2-5-9-14)30-20(28)15-10-6-3-7-11-15/h2-11,13,16,21,23H,12H2,1H3,(H,22,24)(H,25,26)/t13?,16-/m0/s1. The first kappa shape index (κ1) is 23.7. The molecule has 158 valence electrons. The highest BCUT2D eigenvalue weighted by molar-refractivity contribution is 8.30. The molecule has 2 atom stereocenters. The molecule has 0 aliphatic rings. The van der Waals surface area contributed by atoms with Crippen molar-refractivity contribution in [1.82, 2.24) is 5.32 Å². The van der Waals surface area contributed by atoms with Gasteiger partial charge in [0, 0.05) is 11.1 Å². The fraction of sp³-hybridized carbons (Fsp3) is 0.238. The molecule has 0 spiro atoms. The zero-order valence-corrected chi connectivity index (χ0v) is 17.7. The summed E-state index contributed by atoms with van der Waals surface area (Å²) in [6.45, 7) is 0.734. The molecule has 0 aromatic heterocycles. The van der Waals surface area contributed by atoms with Crippen LogP contribution in [0.25, 0.3) is 0 Å². The summed E-state index contributed by atoms with van der Waals surface area (Å²) >= 11 is 1.67. The number of amides is 1. The second-order valence-corrected chi connectivity index (χ2v) is 8.81. The highest BCUT2D eigenvalue weighted by Gasteiger charge is 2.32. The fourth-order valence-electron chi connectivity index (χ4n) is 2.34. The molecule has 1 amide bonds. The van der Waals surface area contributed by atoms with Gasteiger partial charge < -0.3 is 15.5 Å². The van der Waals surface area contributed by atoms with E-state index in [4.69, 9.17) is 10.2 Å². The lowest BCUT2D eigenvalue weighted by molar-refractivity contribution is -0.143. The Hall–Kier alpha value is -2.62. The molecule has 0 bridgehead atoms. The third-order valence-electron chi connectivity index (χ3n) is 4.08. The van der Waals surface area contributed by atoms with Crippen LogP contribution in [0.15, 0.2) is 60.7 Å². The monoisotopic (exact) mass is 447 g/mol. The van der Waals surface area contributed by atoms with Crippen LogP contribution in [0.3, 0.4) is 0 Å². The van der Waals surface area contributed by atoms with Crippen LogP contribution in [0.4, 0.5) is 0 Å². The van der Waals surface area contributed by atoms with Gasteiger partial charge in [0.15, 0.2) is 0 Å². The zero-order chi connectivity index (χ0) is 22.1. The molecule has 9 heteroatoms. The predicted octanol–water partition coefficient (Wildman–Crippen LogP) is 2.66. The van der Waals surface area contributed by atoms with E-state index in [1.807, 2.05) is 0 Å². The molecule has 0 saturated heterocycles. The van der Waals surface area contributed by atoms with Crippen LogP contribution in [0.5, 0.6) is 0 Å². The van der Waals surface area contributed by atoms with Gasteiger partial charge >= 0.3 is 5.97 Å². The van der Waals surface area contributed by atoms with E-state index < -0.39 is 35.0 Å². The molecule has 7 nitrogen and oxygen atoms in total. The second-order valence-electron chi connectivity index (χ2n) is 6.28. The van der Waals surface area contributed by atoms with Crippen LogP contribution in [0, 0.1) is 5.92 Å². The highest BCUT2D eigenvalue weighted by Crippen LogP contribution is 2.35. The number of carbonyl (C=O) groups excluding carboxylic acids is 3. The summed E-state index contributed by atoms with van der Waals surface area (Å²) in [5, 5.41) is 19.8. The lowest BCUT2D eigenvalue weighted by atomic mass is 10.2. The summed E-state index contributed by atoms with van der Waals surface area (Å²) in [5.74, 6) is -2.95. The van der Waals surface area contributed by atoms with E-state index >= 15 is 0 Å². The Morgan fingerprint density at radius 2 is 1.30 bits per heavy atom. The van der Waals surface area contributed by atoms with E-state index in [-0.39, 0.29) is 10.2 Å². The minimum Gasteiger partial charge on any atom is -0.480 e. The maximum atomic E-state index is 12.7. The number of aliphatic hydroxyl groups excluding tert-OH is 1. The number of carbonyl (C=O) groups is 4. The van der Waals surface area contributed by atoms with Gasteiger partial charge in [-0.05, 0) is 0 Å². The van der Waals surface area contributed by atoms with Gasteiger partial charge in [0.2, 0.25) is 16.1 Å². The van der Waals surface area contributed by atoms with E-state index in [0.29, 0.717) is 11.1 Å². The van der Waals surface area contributed by atoms with E-state index in [9.17, 15) is 19.2 Å². The molecule has 2 aromatic carbocycles. The second kappa shape index (κ2) is 11.5. The Balaban J connectivity index is 2.20. The predicted molar refractivity (Wildman–Crippen MR) is 116 cm³/mol. The lowest BCUT2D eigenvalue weighted by Crippen LogP contribution is -2.46. The van der Waals surface area contributed by atoms with Gasteiger partial charge in [0.1, 0.15) is 6.04 Å². The van der Waals surface area contributed by atoms with Gasteiger partial charge in [-0.25, -0.2) is 4.79 Å². The first-order valence-electron chi connectivity index (χ1n) is 8.99. The molecule has 0 saturated carbocycles. The smallest absolute Gasteiger partial charge is 0.328 e. The van der Waals surface area contributed by atoms with Crippen LogP contribution >= 0.6 is 23.5 Å². The number of hydrogen-bond acceptors (Lipinski definition) is 7. The summed E-state index contributed by atoms with van der Waals surface area (Å²) in [5.41, 5.74) is 0.846. The van der Waals surface area contributed by atoms with Crippen molar-refractivity contribution in [3.63, 3.8) is 0 Å². The summed E-state index contributed by atoms with van der Waals surface area (Å²) < 4.78 is -0.807. The number of nitrogens with one attached hydrogen (secondary N) is 1. The summed E-state index contributed by atoms with van der Waals surface area (Å²) in [4.78, 5) is 49.0. The molecule has 2 aromatic rings. The molecule has 2 rings (SSSR count). The number of benzene rings is 2. The van der Waals surface area contributed by atoms with Crippen molar-refractivity contribution >= 4 is 45.6 Å². The van der Waals surface area contributed by atoms with Crippen LogP contribution < -0.4 is 5.32 Å². The molecule has 30 heavy (non-hydrogen) atoms. The molecule has 0 radical (unpaired) electrons. The summed E-state index contributed by atoms with van der Waals surface area (Å²) in [7, 11) is 0. The van der Waals surface area contributed by atoms with Crippen LogP contribution in [0.2, 0.25) is 0 Å². The topological polar surface area (TPSA) is 121 Å². The third kappa shape index (κ3) is 6.72. The molecule has 0 heterocycles. The van der Waals surface area contributed by atoms with E-state index in [2.05, 4.69) is 5.32 Å². The molecular weight excluding hydrogens is 426 g/mol. The highest BCUT2D eigenvalue weighted by atomic mass is 32.2. The van der Waals surface area contributed by atoms with Crippen molar-refractivity contribution in [2.75, 3.05) is 6.61 Å². The third-order valence-corrected chi connectivity index (χ3v) is 6.84. The van der Waals surface area contributed by atoms with Crippen molar-refractivity contribution in [3.05, 3.63) is 71.8 Å². The van der Waals surface area contributed by atoms with Gasteiger partial charge in [0.25, 0.3) is 0 Å². The average molecular weight is 448 g/mol. The van der Waals surface area contributed by atoms with Crippen LogP contribution in [0.1, 0.15) is 27.6 Å². The summed E-state index contributed by atoms with van der Waals surface area (Å²) in [6.07, 6.45) is 0. The Bertz CT molecular complexity index is 837. The molecule has 0 aliphatic carbocycles. The number of hydrogen-bond donors (Lipinski definition) is 3. The number of aliphatic hydroxyl groups is 1. The minimum absolute atomic E-state index is 0.314. The minimum atomic E-state index is -1.47. The largest absolute Gasteiger partial charge is 0.480 e. The maximum absolute atomic E-state index is 12.7. The van der Waals surface area contributed by atoms with Gasteiger partial charge in [0.05, 0.1) is 17.1 Å². The Labute approximate surface area is 182 Å². The maximum Gasteiger partial charge on any atom is 0.328 e. The van der Waals surface area contributed by atoms with Gasteiger partial charge in [-0.3, -0.25) is 14.4 Å². The van der Waals surface area contributed by atoms with E-state index in [0.717, 1.165) is 23.5 Å². The van der Waals surface area contributed by atoms with Crippen molar-refractivity contribution in [2.24, 2.45) is 5.92 Å². The van der Waals surface area contributed by atoms with E-state index in [1.54, 1.807) is 60.7 Å². The number of carboxylic acids is 1. The quantitative estimate of drug-likeness (QED) is 0.502. The summed E-state index contributed by atoms with van der Waals surface area (Å²) in [6, 6.07) is 15.4. The average Bonchev–Trinajstić information content (AvgIpc) is 2.77. The zero-order valence-electron chi connectivity index (χ0n) is 16.1. The lowest BCUT2D eigenvalue weighted by Gasteiger charge is -2.22. The number of rotatable bonds is 9. The molecule has 1 unspecified atom stereocenters. The number of thioether (sulfide) groups is 2. The molecule has 0 aliphatic heterocycles. The molecule has 0 fully saturated rings. The van der Waals surface area contributed by atoms with Gasteiger partial charge in [-0.1, -0.05) is 91.1 Å². The normalized spacial score (nSPS) is 12.8. The molecule has 3 N–H and O–H groups in total. The van der Waals surface area contributed by atoms with Gasteiger partial charge in [-0.2, -0.15) is 0 Å². The van der Waals surface area contributed by atoms with E-state index in [1.165, 1.54) is 6.92 Å². The van der Waals surface area contributed by atoms with Crippen LogP contribution in [-0.2, 0) is 9.59 Å². The first-order valence-corrected chi connectivity index (χ1v) is 10.8. The first-order chi connectivity index (χ1) is 14.3. The number of carboxylic acid groups (broad SMARTS) is 1. The van der Waals surface area contributed by atoms with Crippen molar-refractivity contribution in [1.29, 1.82) is 0 Å². The van der Waals surface area contributed by atoms with Crippen LogP contribution in [-0.4, -0.2) is 49.6 Å². The van der Waals surface area contributed by atoms with Crippen molar-refractivity contribution in [2.45, 2.75) is 17.5 Å². The Morgan fingerprint density at radius 1 is 0.867 bits per heavy atom. The Morgan fingerprint density at radius 3 is 1.67 bits per heavy atom.